The minimum atomic E-state index is -0.732. The van der Waals surface area contributed by atoms with Crippen LogP contribution in [0.1, 0.15) is 10.4 Å². The lowest BCUT2D eigenvalue weighted by molar-refractivity contribution is -0.384. The van der Waals surface area contributed by atoms with Crippen LogP contribution in [0.3, 0.4) is 0 Å². The molecule has 0 saturated heterocycles. The van der Waals surface area contributed by atoms with Gasteiger partial charge in [-0.25, -0.2) is 9.18 Å². The molecule has 20 heavy (non-hydrogen) atoms. The average molecular weight is 276 g/mol. The second-order valence-electron chi connectivity index (χ2n) is 3.87. The van der Waals surface area contributed by atoms with Crippen LogP contribution < -0.4 is 0 Å². The van der Waals surface area contributed by atoms with Gasteiger partial charge in [0.25, 0.3) is 5.69 Å². The summed E-state index contributed by atoms with van der Waals surface area (Å²) in [5, 5.41) is 10.9. The van der Waals surface area contributed by atoms with Crippen LogP contribution in [-0.2, 0) is 4.74 Å². The van der Waals surface area contributed by atoms with Crippen molar-refractivity contribution in [3.8, 4) is 11.1 Å². The molecule has 6 nitrogen and oxygen atoms in total. The Morgan fingerprint density at radius 3 is 2.75 bits per heavy atom. The fraction of sp³-hybridized carbons (Fsp3) is 0.0769. The normalized spacial score (nSPS) is 10.1. The summed E-state index contributed by atoms with van der Waals surface area (Å²) < 4.78 is 18.2. The third-order valence-electron chi connectivity index (χ3n) is 2.63. The smallest absolute Gasteiger partial charge is 0.338 e. The van der Waals surface area contributed by atoms with Crippen LogP contribution in [0.15, 0.2) is 36.7 Å². The fourth-order valence-corrected chi connectivity index (χ4v) is 1.72. The summed E-state index contributed by atoms with van der Waals surface area (Å²) in [4.78, 5) is 25.3. The van der Waals surface area contributed by atoms with E-state index < -0.39 is 16.7 Å². The number of methoxy groups -OCH3 is 1. The number of non-ortho nitro benzene ring substituents is 1. The highest BCUT2D eigenvalue weighted by Gasteiger charge is 2.17. The number of hydrogen-bond donors (Lipinski definition) is 0. The zero-order valence-electron chi connectivity index (χ0n) is 10.4. The zero-order chi connectivity index (χ0) is 14.7. The summed E-state index contributed by atoms with van der Waals surface area (Å²) >= 11 is 0. The molecule has 1 heterocycles. The summed E-state index contributed by atoms with van der Waals surface area (Å²) in [6.07, 6.45) is 2.35. The molecule has 0 aliphatic carbocycles. The van der Waals surface area contributed by atoms with E-state index in [1.54, 1.807) is 0 Å². The van der Waals surface area contributed by atoms with Crippen LogP contribution >= 0.6 is 0 Å². The van der Waals surface area contributed by atoms with Crippen LogP contribution in [0, 0.1) is 15.9 Å². The highest BCUT2D eigenvalue weighted by Crippen LogP contribution is 2.27. The van der Waals surface area contributed by atoms with E-state index in [2.05, 4.69) is 9.72 Å². The number of hydrogen-bond acceptors (Lipinski definition) is 5. The molecule has 2 aromatic rings. The first-order valence-electron chi connectivity index (χ1n) is 5.50. The molecule has 2 rings (SSSR count). The van der Waals surface area contributed by atoms with E-state index in [1.165, 1.54) is 24.4 Å². The van der Waals surface area contributed by atoms with E-state index in [9.17, 15) is 19.3 Å². The van der Waals surface area contributed by atoms with E-state index in [4.69, 9.17) is 0 Å². The maximum Gasteiger partial charge on any atom is 0.338 e. The fourth-order valence-electron chi connectivity index (χ4n) is 1.72. The highest BCUT2D eigenvalue weighted by molar-refractivity contribution is 5.92. The summed E-state index contributed by atoms with van der Waals surface area (Å²) in [6.45, 7) is 0. The molecule has 0 radical (unpaired) electrons. The van der Waals surface area contributed by atoms with Gasteiger partial charge < -0.3 is 4.74 Å². The van der Waals surface area contributed by atoms with Crippen LogP contribution in [0.4, 0.5) is 10.1 Å². The maximum atomic E-state index is 13.7. The molecule has 0 aliphatic heterocycles. The average Bonchev–Trinajstić information content (AvgIpc) is 2.46. The van der Waals surface area contributed by atoms with Gasteiger partial charge in [0, 0.05) is 23.9 Å². The first kappa shape index (κ1) is 13.6. The summed E-state index contributed by atoms with van der Waals surface area (Å²) in [6, 6.07) is 4.96. The molecule has 0 aliphatic rings. The summed E-state index contributed by atoms with van der Waals surface area (Å²) in [5.74, 6) is -1.37. The Morgan fingerprint density at radius 1 is 1.40 bits per heavy atom. The van der Waals surface area contributed by atoms with Gasteiger partial charge in [-0.3, -0.25) is 15.1 Å². The number of rotatable bonds is 3. The Hall–Kier alpha value is -2.83. The van der Waals surface area contributed by atoms with E-state index in [0.29, 0.717) is 0 Å². The third kappa shape index (κ3) is 2.61. The summed E-state index contributed by atoms with van der Waals surface area (Å²) in [7, 11) is 1.16. The van der Waals surface area contributed by atoms with E-state index in [0.717, 1.165) is 19.4 Å². The van der Waals surface area contributed by atoms with E-state index in [1.807, 2.05) is 0 Å². The minimum Gasteiger partial charge on any atom is -0.465 e. The van der Waals surface area contributed by atoms with E-state index >= 15 is 0 Å². The SMILES string of the molecule is COC(=O)c1cc(-c2ccncc2F)cc([N+](=O)[O-])c1. The largest absolute Gasteiger partial charge is 0.465 e. The molecule has 0 atom stereocenters. The summed E-state index contributed by atoms with van der Waals surface area (Å²) in [5.41, 5.74) is -0.0135. The number of nitrogens with zero attached hydrogens (tertiary/aromatic N) is 2. The number of aromatic nitrogens is 1. The molecule has 1 aromatic carbocycles. The Balaban J connectivity index is 2.64. The molecule has 0 saturated carbocycles. The van der Waals surface area contributed by atoms with Crippen molar-refractivity contribution in [3.05, 3.63) is 58.2 Å². The van der Waals surface area contributed by atoms with Crippen molar-refractivity contribution in [2.24, 2.45) is 0 Å². The molecule has 7 heteroatoms. The number of ether oxygens (including phenoxy) is 1. The molecular formula is C13H9FN2O4. The lowest BCUT2D eigenvalue weighted by atomic mass is 10.0. The lowest BCUT2D eigenvalue weighted by Gasteiger charge is -2.06. The van der Waals surface area contributed by atoms with Crippen LogP contribution in [0.2, 0.25) is 0 Å². The molecule has 0 fully saturated rings. The number of carbonyl (C=O) groups is 1. The lowest BCUT2D eigenvalue weighted by Crippen LogP contribution is -2.03. The van der Waals surface area contributed by atoms with Crippen LogP contribution in [-0.4, -0.2) is 23.0 Å². The van der Waals surface area contributed by atoms with Gasteiger partial charge in [0.05, 0.1) is 23.8 Å². The Kier molecular flexibility index (Phi) is 3.69. The van der Waals surface area contributed by atoms with Crippen molar-refractivity contribution in [3.63, 3.8) is 0 Å². The number of nitro benzene ring substituents is 1. The molecular weight excluding hydrogens is 267 g/mol. The maximum absolute atomic E-state index is 13.7. The third-order valence-corrected chi connectivity index (χ3v) is 2.63. The standard InChI is InChI=1S/C13H9FN2O4/c1-20-13(17)9-4-8(5-10(6-9)16(18)19)11-2-3-15-7-12(11)14/h2-7H,1H3. The van der Waals surface area contributed by atoms with Gasteiger partial charge in [0.15, 0.2) is 0 Å². The van der Waals surface area contributed by atoms with Gasteiger partial charge in [-0.15, -0.1) is 0 Å². The van der Waals surface area contributed by atoms with Gasteiger partial charge in [0.2, 0.25) is 0 Å². The molecule has 0 N–H and O–H groups in total. The second-order valence-corrected chi connectivity index (χ2v) is 3.87. The minimum absolute atomic E-state index is 0.0205. The van der Waals surface area contributed by atoms with Gasteiger partial charge in [0.1, 0.15) is 5.82 Å². The first-order valence-corrected chi connectivity index (χ1v) is 5.50. The van der Waals surface area contributed by atoms with E-state index in [-0.39, 0.29) is 22.4 Å². The van der Waals surface area contributed by atoms with Crippen LogP contribution in [0.25, 0.3) is 11.1 Å². The number of esters is 1. The predicted octanol–water partition coefficient (Wildman–Crippen LogP) is 2.58. The van der Waals surface area contributed by atoms with Crippen molar-refractivity contribution in [2.45, 2.75) is 0 Å². The van der Waals surface area contributed by atoms with Gasteiger partial charge in [-0.2, -0.15) is 0 Å². The Morgan fingerprint density at radius 2 is 2.15 bits per heavy atom. The number of pyridine rings is 1. The number of benzene rings is 1. The topological polar surface area (TPSA) is 82.3 Å². The quantitative estimate of drug-likeness (QED) is 0.489. The molecule has 0 spiro atoms. The van der Waals surface area contributed by atoms with Gasteiger partial charge in [-0.1, -0.05) is 0 Å². The Bertz CT molecular complexity index is 688. The second kappa shape index (κ2) is 5.43. The highest BCUT2D eigenvalue weighted by atomic mass is 19.1. The predicted molar refractivity (Wildman–Crippen MR) is 67.6 cm³/mol. The monoisotopic (exact) mass is 276 g/mol. The first-order chi connectivity index (χ1) is 9.52. The number of nitro groups is 1. The van der Waals surface area contributed by atoms with Gasteiger partial charge in [-0.05, 0) is 17.7 Å². The number of halogens is 1. The van der Waals surface area contributed by atoms with Crippen molar-refractivity contribution < 1.29 is 18.8 Å². The van der Waals surface area contributed by atoms with Crippen LogP contribution in [0.5, 0.6) is 0 Å². The van der Waals surface area contributed by atoms with Crippen molar-refractivity contribution >= 4 is 11.7 Å². The van der Waals surface area contributed by atoms with Crippen molar-refractivity contribution in [2.75, 3.05) is 7.11 Å². The Labute approximate surface area is 113 Å². The molecule has 1 aromatic heterocycles. The number of carbonyl (C=O) groups excluding carboxylic acids is 1. The van der Waals surface area contributed by atoms with Gasteiger partial charge >= 0.3 is 5.97 Å². The molecule has 102 valence electrons. The molecule has 0 bridgehead atoms. The van der Waals surface area contributed by atoms with Crippen molar-refractivity contribution in [1.29, 1.82) is 0 Å². The molecule has 0 amide bonds. The molecule has 0 unspecified atom stereocenters. The van der Waals surface area contributed by atoms with Crippen molar-refractivity contribution in [1.82, 2.24) is 4.98 Å². The zero-order valence-corrected chi connectivity index (χ0v) is 10.4.